The normalized spacial score (nSPS) is 25.2. The van der Waals surface area contributed by atoms with Crippen molar-refractivity contribution in [2.24, 2.45) is 0 Å². The lowest BCUT2D eigenvalue weighted by atomic mass is 10.0. The van der Waals surface area contributed by atoms with Crippen LogP contribution in [0.25, 0.3) is 0 Å². The molecule has 1 aromatic heterocycles. The van der Waals surface area contributed by atoms with Gasteiger partial charge in [-0.25, -0.2) is 0 Å². The molecule has 1 fully saturated rings. The summed E-state index contributed by atoms with van der Waals surface area (Å²) in [5, 5.41) is 3.22. The Bertz CT molecular complexity index is 326. The van der Waals surface area contributed by atoms with Gasteiger partial charge in [0.2, 0.25) is 0 Å². The molecule has 18 heavy (non-hydrogen) atoms. The average molecular weight is 249 g/mol. The molecule has 100 valence electrons. The van der Waals surface area contributed by atoms with Gasteiger partial charge in [-0.15, -0.1) is 0 Å². The second kappa shape index (κ2) is 6.83. The maximum Gasteiger partial charge on any atom is 0.0911 e. The summed E-state index contributed by atoms with van der Waals surface area (Å²) < 4.78 is 5.92. The topological polar surface area (TPSA) is 37.4 Å². The van der Waals surface area contributed by atoms with Crippen molar-refractivity contribution in [2.45, 2.75) is 25.5 Å². The molecule has 0 amide bonds. The van der Waals surface area contributed by atoms with Crippen molar-refractivity contribution in [3.8, 4) is 0 Å². The van der Waals surface area contributed by atoms with Crippen molar-refractivity contribution < 1.29 is 4.74 Å². The van der Waals surface area contributed by atoms with Crippen molar-refractivity contribution in [3.05, 3.63) is 30.1 Å². The van der Waals surface area contributed by atoms with Crippen LogP contribution in [-0.4, -0.2) is 49.3 Å². The van der Waals surface area contributed by atoms with Gasteiger partial charge in [-0.05, 0) is 32.1 Å². The smallest absolute Gasteiger partial charge is 0.0911 e. The van der Waals surface area contributed by atoms with Crippen molar-refractivity contribution >= 4 is 0 Å². The van der Waals surface area contributed by atoms with Crippen LogP contribution in [0.4, 0.5) is 0 Å². The second-order valence-corrected chi connectivity index (χ2v) is 4.70. The van der Waals surface area contributed by atoms with Gasteiger partial charge in [0.1, 0.15) is 0 Å². The minimum Gasteiger partial charge on any atom is -0.374 e. The van der Waals surface area contributed by atoms with E-state index in [1.54, 1.807) is 0 Å². The van der Waals surface area contributed by atoms with Crippen LogP contribution in [0.5, 0.6) is 0 Å². The maximum atomic E-state index is 5.92. The molecule has 2 rings (SSSR count). The monoisotopic (exact) mass is 249 g/mol. The zero-order chi connectivity index (χ0) is 12.8. The number of ether oxygens (including phenoxy) is 1. The highest BCUT2D eigenvalue weighted by Gasteiger charge is 2.33. The first-order valence-corrected chi connectivity index (χ1v) is 6.78. The van der Waals surface area contributed by atoms with Gasteiger partial charge in [-0.2, -0.15) is 0 Å². The van der Waals surface area contributed by atoms with Gasteiger partial charge in [-0.3, -0.25) is 9.88 Å². The van der Waals surface area contributed by atoms with Gasteiger partial charge < -0.3 is 10.1 Å². The van der Waals surface area contributed by atoms with E-state index in [1.165, 1.54) is 0 Å². The fourth-order valence-electron chi connectivity index (χ4n) is 2.62. The first-order chi connectivity index (χ1) is 8.86. The van der Waals surface area contributed by atoms with Crippen LogP contribution < -0.4 is 5.32 Å². The molecule has 2 unspecified atom stereocenters. The zero-order valence-corrected chi connectivity index (χ0v) is 11.3. The van der Waals surface area contributed by atoms with Crippen LogP contribution >= 0.6 is 0 Å². The number of aromatic nitrogens is 1. The highest BCUT2D eigenvalue weighted by atomic mass is 16.5. The molecule has 0 spiro atoms. The molecule has 4 nitrogen and oxygen atoms in total. The molecule has 1 N–H and O–H groups in total. The summed E-state index contributed by atoms with van der Waals surface area (Å²) in [5.41, 5.74) is 1.12. The summed E-state index contributed by atoms with van der Waals surface area (Å²) in [5.74, 6) is 0. The third kappa shape index (κ3) is 3.07. The molecule has 0 aliphatic carbocycles. The molecule has 1 saturated heterocycles. The predicted octanol–water partition coefficient (Wildman–Crippen LogP) is 1.45. The van der Waals surface area contributed by atoms with E-state index in [9.17, 15) is 0 Å². The number of likely N-dealkylation sites (N-methyl/N-ethyl adjacent to an activating group) is 1. The van der Waals surface area contributed by atoms with Gasteiger partial charge in [0.05, 0.1) is 24.4 Å². The van der Waals surface area contributed by atoms with Crippen molar-refractivity contribution in [1.29, 1.82) is 0 Å². The largest absolute Gasteiger partial charge is 0.374 e. The number of nitrogens with one attached hydrogen (secondary N) is 1. The van der Waals surface area contributed by atoms with Gasteiger partial charge in [-0.1, -0.05) is 13.0 Å². The van der Waals surface area contributed by atoms with Gasteiger partial charge in [0, 0.05) is 19.3 Å². The average Bonchev–Trinajstić information content (AvgIpc) is 2.41. The highest BCUT2D eigenvalue weighted by Crippen LogP contribution is 2.27. The first kappa shape index (κ1) is 13.5. The second-order valence-electron chi connectivity index (χ2n) is 4.70. The Labute approximate surface area is 109 Å². The molecule has 0 aromatic carbocycles. The van der Waals surface area contributed by atoms with Crippen LogP contribution in [0.15, 0.2) is 24.4 Å². The van der Waals surface area contributed by atoms with E-state index in [0.29, 0.717) is 0 Å². The molecule has 1 aliphatic heterocycles. The third-order valence-corrected chi connectivity index (χ3v) is 3.36. The quantitative estimate of drug-likeness (QED) is 0.857. The van der Waals surface area contributed by atoms with Crippen LogP contribution in [0.2, 0.25) is 0 Å². The number of pyridine rings is 1. The lowest BCUT2D eigenvalue weighted by molar-refractivity contribution is -0.0717. The minimum absolute atomic E-state index is 0.185. The molecule has 0 bridgehead atoms. The van der Waals surface area contributed by atoms with E-state index in [4.69, 9.17) is 4.74 Å². The van der Waals surface area contributed by atoms with Gasteiger partial charge in [0.25, 0.3) is 0 Å². The molecular weight excluding hydrogens is 226 g/mol. The lowest BCUT2D eigenvalue weighted by Gasteiger charge is -2.40. The van der Waals surface area contributed by atoms with Crippen LogP contribution in [0.1, 0.15) is 25.1 Å². The predicted molar refractivity (Wildman–Crippen MR) is 72.5 cm³/mol. The zero-order valence-electron chi connectivity index (χ0n) is 11.3. The molecule has 1 aromatic rings. The van der Waals surface area contributed by atoms with Crippen molar-refractivity contribution in [1.82, 2.24) is 15.2 Å². The molecule has 0 saturated carbocycles. The van der Waals surface area contributed by atoms with Gasteiger partial charge in [0.15, 0.2) is 0 Å². The summed E-state index contributed by atoms with van der Waals surface area (Å²) in [7, 11) is 1.97. The molecule has 2 heterocycles. The molecular formula is C14H23N3O. The number of nitrogens with zero attached hydrogens (tertiary/aromatic N) is 2. The summed E-state index contributed by atoms with van der Waals surface area (Å²) >= 11 is 0. The van der Waals surface area contributed by atoms with E-state index in [1.807, 2.05) is 19.3 Å². The van der Waals surface area contributed by atoms with Gasteiger partial charge >= 0.3 is 0 Å². The highest BCUT2D eigenvalue weighted by molar-refractivity contribution is 5.12. The van der Waals surface area contributed by atoms with Crippen LogP contribution in [0.3, 0.4) is 0 Å². The minimum atomic E-state index is 0.185. The summed E-state index contributed by atoms with van der Waals surface area (Å²) in [6.45, 7) is 6.00. The van der Waals surface area contributed by atoms with E-state index < -0.39 is 0 Å². The fraction of sp³-hybridized carbons (Fsp3) is 0.643. The SMILES string of the molecule is CCCN1CCOC(CNC)C1c1ccccn1. The van der Waals surface area contributed by atoms with Crippen molar-refractivity contribution in [3.63, 3.8) is 0 Å². The van der Waals surface area contributed by atoms with E-state index in [2.05, 4.69) is 34.3 Å². The molecule has 2 atom stereocenters. The molecule has 0 radical (unpaired) electrons. The third-order valence-electron chi connectivity index (χ3n) is 3.36. The summed E-state index contributed by atoms with van der Waals surface area (Å²) in [6.07, 6.45) is 3.21. The molecule has 1 aliphatic rings. The number of morpholine rings is 1. The van der Waals surface area contributed by atoms with Crippen LogP contribution in [-0.2, 0) is 4.74 Å². The standard InChI is InChI=1S/C14H23N3O/c1-3-8-17-9-10-18-13(11-15-2)14(17)12-6-4-5-7-16-12/h4-7,13-15H,3,8-11H2,1-2H3. The Morgan fingerprint density at radius 2 is 2.39 bits per heavy atom. The Morgan fingerprint density at radius 1 is 1.50 bits per heavy atom. The number of hydrogen-bond donors (Lipinski definition) is 1. The van der Waals surface area contributed by atoms with E-state index in [-0.39, 0.29) is 12.1 Å². The Balaban J connectivity index is 2.20. The van der Waals surface area contributed by atoms with E-state index in [0.717, 1.165) is 38.4 Å². The molecule has 4 heteroatoms. The Hall–Kier alpha value is -0.970. The van der Waals surface area contributed by atoms with Crippen LogP contribution in [0, 0.1) is 0 Å². The van der Waals surface area contributed by atoms with Crippen molar-refractivity contribution in [2.75, 3.05) is 33.3 Å². The summed E-state index contributed by atoms with van der Waals surface area (Å²) in [4.78, 5) is 7.01. The number of hydrogen-bond acceptors (Lipinski definition) is 4. The maximum absolute atomic E-state index is 5.92. The Morgan fingerprint density at radius 3 is 3.06 bits per heavy atom. The number of rotatable bonds is 5. The summed E-state index contributed by atoms with van der Waals surface area (Å²) in [6, 6.07) is 6.39. The Kier molecular flexibility index (Phi) is 5.11. The first-order valence-electron chi connectivity index (χ1n) is 6.78. The van der Waals surface area contributed by atoms with E-state index >= 15 is 0 Å². The lowest BCUT2D eigenvalue weighted by Crippen LogP contribution is -2.49. The fourth-order valence-corrected chi connectivity index (χ4v) is 2.62.